The molecule has 0 aliphatic carbocycles. The van der Waals surface area contributed by atoms with Crippen LogP contribution in [-0.2, 0) is 38.2 Å². The molecule has 9 nitrogen and oxygen atoms in total. The number of nitrogens with zero attached hydrogens (tertiary/aromatic N) is 1. The van der Waals surface area contributed by atoms with E-state index in [0.29, 0.717) is 25.0 Å². The summed E-state index contributed by atoms with van der Waals surface area (Å²) in [6.07, 6.45) is 6.88. The summed E-state index contributed by atoms with van der Waals surface area (Å²) in [4.78, 5) is 52.2. The molecule has 0 fully saturated rings. The molecule has 0 amide bonds. The smallest absolute Gasteiger partial charge is 0.373 e. The van der Waals surface area contributed by atoms with Crippen molar-refractivity contribution in [2.24, 2.45) is 0 Å². The van der Waals surface area contributed by atoms with Crippen molar-refractivity contribution >= 4 is 24.1 Å². The van der Waals surface area contributed by atoms with Crippen LogP contribution in [0, 0.1) is 0 Å². The lowest BCUT2D eigenvalue weighted by Crippen LogP contribution is -2.18. The van der Waals surface area contributed by atoms with E-state index < -0.39 is 11.9 Å². The summed E-state index contributed by atoms with van der Waals surface area (Å²) in [6.45, 7) is 11.9. The SMILES string of the molecule is CCC=C(C(=O)OCC)C(=O)OCC.CCOC(=O)/C(=C\C(C)=C\N(C)C)CC.O=C=O. The van der Waals surface area contributed by atoms with Gasteiger partial charge in [0.1, 0.15) is 5.57 Å². The highest BCUT2D eigenvalue weighted by atomic mass is 16.6. The first-order valence-electron chi connectivity index (χ1n) is 10.4. The Hall–Kier alpha value is -3.19. The van der Waals surface area contributed by atoms with Crippen LogP contribution in [0.5, 0.6) is 0 Å². The fraction of sp³-hybridized carbons (Fsp3) is 0.565. The van der Waals surface area contributed by atoms with Crippen LogP contribution in [0.2, 0.25) is 0 Å². The average molecular weight is 456 g/mol. The van der Waals surface area contributed by atoms with E-state index in [-0.39, 0.29) is 30.9 Å². The van der Waals surface area contributed by atoms with Crippen LogP contribution in [0.3, 0.4) is 0 Å². The van der Waals surface area contributed by atoms with Crippen molar-refractivity contribution in [2.45, 2.75) is 54.4 Å². The molecular weight excluding hydrogens is 418 g/mol. The maximum absolute atomic E-state index is 11.5. The van der Waals surface area contributed by atoms with E-state index in [0.717, 1.165) is 5.57 Å². The Labute approximate surface area is 191 Å². The van der Waals surface area contributed by atoms with E-state index in [4.69, 9.17) is 23.8 Å². The van der Waals surface area contributed by atoms with Crippen LogP contribution in [0.15, 0.2) is 35.1 Å². The van der Waals surface area contributed by atoms with Crippen molar-refractivity contribution in [1.82, 2.24) is 4.90 Å². The first-order valence-corrected chi connectivity index (χ1v) is 10.4. The standard InChI is InChI=1S/C12H21NO2.C10H16O4.CO2/c1-6-11(12(14)15-7-2)8-10(3)9-13(4)5;1-4-7-8(9(11)13-5-2)10(12)14-6-3;2-1-3/h8-9H,6-7H2,1-5H3;7H,4-6H2,1-3H3;/b10-9+,11-8-;;. The Balaban J connectivity index is -0.000000468. The molecule has 0 saturated heterocycles. The molecule has 0 rings (SSSR count). The van der Waals surface area contributed by atoms with Gasteiger partial charge in [0, 0.05) is 25.9 Å². The summed E-state index contributed by atoms with van der Waals surface area (Å²) >= 11 is 0. The highest BCUT2D eigenvalue weighted by Gasteiger charge is 2.19. The number of carbonyl (C=O) groups excluding carboxylic acids is 5. The molecule has 0 unspecified atom stereocenters. The van der Waals surface area contributed by atoms with Gasteiger partial charge in [-0.05, 0) is 52.2 Å². The monoisotopic (exact) mass is 455 g/mol. The average Bonchev–Trinajstić information content (AvgIpc) is 2.71. The van der Waals surface area contributed by atoms with Gasteiger partial charge in [0.05, 0.1) is 19.8 Å². The van der Waals surface area contributed by atoms with E-state index in [1.807, 2.05) is 59.0 Å². The van der Waals surface area contributed by atoms with Gasteiger partial charge in [0.25, 0.3) is 0 Å². The Morgan fingerprint density at radius 3 is 1.53 bits per heavy atom. The third kappa shape index (κ3) is 18.8. The lowest BCUT2D eigenvalue weighted by Gasteiger charge is -2.07. The van der Waals surface area contributed by atoms with E-state index in [9.17, 15) is 14.4 Å². The van der Waals surface area contributed by atoms with Gasteiger partial charge < -0.3 is 19.1 Å². The Bertz CT molecular complexity index is 664. The van der Waals surface area contributed by atoms with Crippen LogP contribution in [0.4, 0.5) is 0 Å². The minimum absolute atomic E-state index is 0.0174. The number of hydrogen-bond donors (Lipinski definition) is 0. The first-order chi connectivity index (χ1) is 15.1. The van der Waals surface area contributed by atoms with Crippen LogP contribution < -0.4 is 0 Å². The van der Waals surface area contributed by atoms with Gasteiger partial charge in [-0.2, -0.15) is 9.59 Å². The zero-order valence-corrected chi connectivity index (χ0v) is 20.5. The number of allylic oxidation sites excluding steroid dienone is 3. The van der Waals surface area contributed by atoms with E-state index in [1.165, 1.54) is 6.08 Å². The van der Waals surface area contributed by atoms with Crippen molar-refractivity contribution in [3.63, 3.8) is 0 Å². The summed E-state index contributed by atoms with van der Waals surface area (Å²) in [6, 6.07) is 0. The van der Waals surface area contributed by atoms with Gasteiger partial charge in [0.2, 0.25) is 0 Å². The van der Waals surface area contributed by atoms with Crippen LogP contribution in [0.25, 0.3) is 0 Å². The lowest BCUT2D eigenvalue weighted by atomic mass is 10.1. The highest BCUT2D eigenvalue weighted by molar-refractivity contribution is 6.14. The van der Waals surface area contributed by atoms with Gasteiger partial charge in [-0.1, -0.05) is 19.9 Å². The predicted molar refractivity (Wildman–Crippen MR) is 119 cm³/mol. The molecule has 0 N–H and O–H groups in total. The largest absolute Gasteiger partial charge is 0.463 e. The fourth-order valence-corrected chi connectivity index (χ4v) is 2.12. The Kier molecular flexibility index (Phi) is 23.5. The van der Waals surface area contributed by atoms with Crippen molar-refractivity contribution in [1.29, 1.82) is 0 Å². The maximum Gasteiger partial charge on any atom is 0.373 e. The van der Waals surface area contributed by atoms with Crippen molar-refractivity contribution in [3.8, 4) is 0 Å². The molecule has 0 bridgehead atoms. The van der Waals surface area contributed by atoms with Crippen LogP contribution in [-0.4, -0.2) is 62.9 Å². The molecule has 0 aliphatic rings. The third-order valence-corrected chi connectivity index (χ3v) is 3.18. The second-order valence-electron chi connectivity index (χ2n) is 6.13. The van der Waals surface area contributed by atoms with Gasteiger partial charge in [-0.25, -0.2) is 14.4 Å². The van der Waals surface area contributed by atoms with E-state index in [1.54, 1.807) is 13.8 Å². The van der Waals surface area contributed by atoms with Crippen LogP contribution >= 0.6 is 0 Å². The second kappa shape index (κ2) is 22.5. The molecule has 0 aromatic rings. The topological polar surface area (TPSA) is 116 Å². The molecule has 182 valence electrons. The van der Waals surface area contributed by atoms with Crippen molar-refractivity contribution < 1.29 is 38.2 Å². The normalized spacial score (nSPS) is 10.1. The molecule has 0 aliphatic heterocycles. The van der Waals surface area contributed by atoms with Crippen molar-refractivity contribution in [3.05, 3.63) is 35.1 Å². The molecule has 0 heterocycles. The third-order valence-electron chi connectivity index (χ3n) is 3.18. The molecule has 0 aromatic heterocycles. The molecule has 0 saturated carbocycles. The molecule has 9 heteroatoms. The molecule has 0 spiro atoms. The summed E-state index contributed by atoms with van der Waals surface area (Å²) in [7, 11) is 3.90. The van der Waals surface area contributed by atoms with E-state index in [2.05, 4.69) is 0 Å². The Morgan fingerprint density at radius 1 is 0.812 bits per heavy atom. The van der Waals surface area contributed by atoms with E-state index >= 15 is 0 Å². The number of rotatable bonds is 10. The van der Waals surface area contributed by atoms with Gasteiger partial charge in [-0.15, -0.1) is 0 Å². The lowest BCUT2D eigenvalue weighted by molar-refractivity contribution is -0.191. The molecular formula is C23H37NO8. The molecule has 0 radical (unpaired) electrons. The van der Waals surface area contributed by atoms with Crippen molar-refractivity contribution in [2.75, 3.05) is 33.9 Å². The first kappa shape index (κ1) is 33.4. The number of carbonyl (C=O) groups is 3. The maximum atomic E-state index is 11.5. The zero-order valence-electron chi connectivity index (χ0n) is 20.5. The zero-order chi connectivity index (χ0) is 25.5. The van der Waals surface area contributed by atoms with Gasteiger partial charge in [-0.3, -0.25) is 0 Å². The Morgan fingerprint density at radius 2 is 1.22 bits per heavy atom. The molecule has 32 heavy (non-hydrogen) atoms. The summed E-state index contributed by atoms with van der Waals surface area (Å²) in [5.74, 6) is -1.45. The summed E-state index contributed by atoms with van der Waals surface area (Å²) in [5, 5.41) is 0. The quantitative estimate of drug-likeness (QED) is 0.122. The van der Waals surface area contributed by atoms with Gasteiger partial charge >= 0.3 is 24.1 Å². The summed E-state index contributed by atoms with van der Waals surface area (Å²) < 4.78 is 14.4. The fourth-order valence-electron chi connectivity index (χ4n) is 2.12. The highest BCUT2D eigenvalue weighted by Crippen LogP contribution is 2.08. The van der Waals surface area contributed by atoms with Crippen LogP contribution in [0.1, 0.15) is 54.4 Å². The second-order valence-corrected chi connectivity index (χ2v) is 6.13. The number of ether oxygens (including phenoxy) is 3. The molecule has 0 aromatic carbocycles. The number of esters is 3. The summed E-state index contributed by atoms with van der Waals surface area (Å²) in [5.41, 5.74) is 1.74. The minimum Gasteiger partial charge on any atom is -0.463 e. The predicted octanol–water partition coefficient (Wildman–Crippen LogP) is 3.22. The minimum atomic E-state index is -0.618. The van der Waals surface area contributed by atoms with Gasteiger partial charge in [0.15, 0.2) is 0 Å². The molecule has 0 atom stereocenters. The number of hydrogen-bond acceptors (Lipinski definition) is 9.